The molecule has 0 aliphatic carbocycles. The molecule has 0 amide bonds. The van der Waals surface area contributed by atoms with Gasteiger partial charge in [-0.1, -0.05) is 29.8 Å². The number of aliphatic carboxylic acids is 1. The van der Waals surface area contributed by atoms with Gasteiger partial charge in [-0.05, 0) is 29.0 Å². The molecule has 2 aromatic rings. The van der Waals surface area contributed by atoms with Gasteiger partial charge in [-0.3, -0.25) is 0 Å². The highest BCUT2D eigenvalue weighted by Gasteiger charge is 2.24. The van der Waals surface area contributed by atoms with Crippen LogP contribution >= 0.6 is 11.6 Å². The Morgan fingerprint density at radius 1 is 1.50 bits per heavy atom. The van der Waals surface area contributed by atoms with Crippen molar-refractivity contribution in [3.05, 3.63) is 40.7 Å². The average molecular weight is 267 g/mol. The van der Waals surface area contributed by atoms with E-state index in [2.05, 4.69) is 15.5 Å². The average Bonchev–Trinajstić information content (AvgIpc) is 2.74. The van der Waals surface area contributed by atoms with Crippen molar-refractivity contribution in [2.75, 3.05) is 0 Å². The summed E-state index contributed by atoms with van der Waals surface area (Å²) in [6.45, 7) is 1.66. The van der Waals surface area contributed by atoms with Gasteiger partial charge in [0.2, 0.25) is 0 Å². The molecule has 0 saturated heterocycles. The molecule has 0 aliphatic rings. The maximum absolute atomic E-state index is 11.3. The fraction of sp³-hybridized carbons (Fsp3) is 0.273. The fourth-order valence-corrected chi connectivity index (χ4v) is 1.89. The van der Waals surface area contributed by atoms with Crippen molar-refractivity contribution in [1.29, 1.82) is 0 Å². The van der Waals surface area contributed by atoms with Crippen molar-refractivity contribution >= 4 is 17.6 Å². The van der Waals surface area contributed by atoms with Crippen LogP contribution in [0.1, 0.15) is 17.4 Å². The molecular weight excluding hydrogens is 256 g/mol. The summed E-state index contributed by atoms with van der Waals surface area (Å²) in [6, 6.07) is 6.26. The van der Waals surface area contributed by atoms with E-state index in [9.17, 15) is 9.90 Å². The predicted octanol–water partition coefficient (Wildman–Crippen LogP) is 1.50. The Kier molecular flexibility index (Phi) is 3.57. The van der Waals surface area contributed by atoms with Crippen molar-refractivity contribution in [3.63, 3.8) is 0 Å². The number of aromatic nitrogens is 4. The summed E-state index contributed by atoms with van der Waals surface area (Å²) in [5.41, 5.74) is 0.751. The molecule has 1 heterocycles. The van der Waals surface area contributed by atoms with Gasteiger partial charge in [0.1, 0.15) is 5.82 Å². The van der Waals surface area contributed by atoms with Crippen molar-refractivity contribution in [1.82, 2.24) is 20.2 Å². The molecule has 0 fully saturated rings. The molecule has 0 unspecified atom stereocenters. The summed E-state index contributed by atoms with van der Waals surface area (Å²) in [7, 11) is 0. The van der Waals surface area contributed by atoms with Crippen molar-refractivity contribution < 1.29 is 9.90 Å². The minimum atomic E-state index is -0.995. The van der Waals surface area contributed by atoms with Crippen LogP contribution in [0.4, 0.5) is 0 Å². The second kappa shape index (κ2) is 5.14. The second-order valence-corrected chi connectivity index (χ2v) is 4.23. The molecule has 6 nitrogen and oxygen atoms in total. The molecule has 1 aromatic carbocycles. The van der Waals surface area contributed by atoms with Gasteiger partial charge in [-0.25, -0.2) is 9.48 Å². The lowest BCUT2D eigenvalue weighted by molar-refractivity contribution is -0.141. The zero-order valence-corrected chi connectivity index (χ0v) is 10.4. The Bertz CT molecular complexity index is 570. The van der Waals surface area contributed by atoms with Gasteiger partial charge in [0.05, 0.1) is 0 Å². The maximum atomic E-state index is 11.3. The number of hydrogen-bond acceptors (Lipinski definition) is 4. The SMILES string of the molecule is Cc1nnnn1[C@@H](Cc1ccccc1Cl)C(=O)O. The number of rotatable bonds is 4. The van der Waals surface area contributed by atoms with E-state index in [1.165, 1.54) is 4.68 Å². The summed E-state index contributed by atoms with van der Waals surface area (Å²) in [6.07, 6.45) is 0.237. The third-order valence-electron chi connectivity index (χ3n) is 2.61. The van der Waals surface area contributed by atoms with Gasteiger partial charge in [0.15, 0.2) is 6.04 Å². The van der Waals surface area contributed by atoms with Crippen LogP contribution in [-0.4, -0.2) is 31.3 Å². The molecule has 0 bridgehead atoms. The second-order valence-electron chi connectivity index (χ2n) is 3.82. The highest BCUT2D eigenvalue weighted by molar-refractivity contribution is 6.31. The van der Waals surface area contributed by atoms with Crippen LogP contribution in [0.25, 0.3) is 0 Å². The van der Waals surface area contributed by atoms with E-state index < -0.39 is 12.0 Å². The molecule has 0 radical (unpaired) electrons. The van der Waals surface area contributed by atoms with Crippen LogP contribution in [0, 0.1) is 6.92 Å². The number of nitrogens with zero attached hydrogens (tertiary/aromatic N) is 4. The third kappa shape index (κ3) is 2.48. The Morgan fingerprint density at radius 3 is 2.78 bits per heavy atom. The van der Waals surface area contributed by atoms with Gasteiger partial charge in [-0.2, -0.15) is 0 Å². The molecule has 0 saturated carbocycles. The quantitative estimate of drug-likeness (QED) is 0.907. The minimum Gasteiger partial charge on any atom is -0.480 e. The number of tetrazole rings is 1. The van der Waals surface area contributed by atoms with E-state index in [0.717, 1.165) is 5.56 Å². The monoisotopic (exact) mass is 266 g/mol. The lowest BCUT2D eigenvalue weighted by atomic mass is 10.1. The van der Waals surface area contributed by atoms with Crippen molar-refractivity contribution in [3.8, 4) is 0 Å². The third-order valence-corrected chi connectivity index (χ3v) is 2.98. The molecule has 94 valence electrons. The molecule has 7 heteroatoms. The lowest BCUT2D eigenvalue weighted by Gasteiger charge is -2.13. The summed E-state index contributed by atoms with van der Waals surface area (Å²) in [5.74, 6) is -0.542. The summed E-state index contributed by atoms with van der Waals surface area (Å²) in [5, 5.41) is 20.6. The Morgan fingerprint density at radius 2 is 2.22 bits per heavy atom. The van der Waals surface area contributed by atoms with Gasteiger partial charge in [-0.15, -0.1) is 5.10 Å². The Labute approximate surface area is 108 Å². The van der Waals surface area contributed by atoms with Crippen molar-refractivity contribution in [2.24, 2.45) is 0 Å². The lowest BCUT2D eigenvalue weighted by Crippen LogP contribution is -2.23. The Balaban J connectivity index is 2.31. The highest BCUT2D eigenvalue weighted by atomic mass is 35.5. The largest absolute Gasteiger partial charge is 0.480 e. The van der Waals surface area contributed by atoms with Crippen molar-refractivity contribution in [2.45, 2.75) is 19.4 Å². The molecule has 1 aromatic heterocycles. The number of benzene rings is 1. The van der Waals surface area contributed by atoms with Crippen LogP contribution in [0.15, 0.2) is 24.3 Å². The first-order valence-electron chi connectivity index (χ1n) is 5.30. The van der Waals surface area contributed by atoms with E-state index in [4.69, 9.17) is 11.6 Å². The Hall–Kier alpha value is -1.95. The van der Waals surface area contributed by atoms with E-state index in [1.807, 2.05) is 6.07 Å². The number of carboxylic acids is 1. The summed E-state index contributed by atoms with van der Waals surface area (Å²) in [4.78, 5) is 11.3. The van der Waals surface area contributed by atoms with Crippen LogP contribution < -0.4 is 0 Å². The van der Waals surface area contributed by atoms with Gasteiger partial charge >= 0.3 is 5.97 Å². The number of carboxylic acid groups (broad SMARTS) is 1. The smallest absolute Gasteiger partial charge is 0.328 e. The molecule has 0 aliphatic heterocycles. The zero-order valence-electron chi connectivity index (χ0n) is 9.62. The highest BCUT2D eigenvalue weighted by Crippen LogP contribution is 2.21. The van der Waals surface area contributed by atoms with E-state index in [-0.39, 0.29) is 6.42 Å². The molecule has 1 N–H and O–H groups in total. The van der Waals surface area contributed by atoms with Crippen LogP contribution in [-0.2, 0) is 11.2 Å². The fourth-order valence-electron chi connectivity index (χ4n) is 1.68. The van der Waals surface area contributed by atoms with E-state index >= 15 is 0 Å². The van der Waals surface area contributed by atoms with E-state index in [1.54, 1.807) is 25.1 Å². The normalized spacial score (nSPS) is 12.3. The van der Waals surface area contributed by atoms with Gasteiger partial charge in [0, 0.05) is 11.4 Å². The maximum Gasteiger partial charge on any atom is 0.328 e. The summed E-state index contributed by atoms with van der Waals surface area (Å²) < 4.78 is 1.28. The first kappa shape index (κ1) is 12.5. The van der Waals surface area contributed by atoms with Gasteiger partial charge < -0.3 is 5.11 Å². The standard InChI is InChI=1S/C11H11ClN4O2/c1-7-13-14-15-16(7)10(11(17)18)6-8-4-2-3-5-9(8)12/h2-5,10H,6H2,1H3,(H,17,18)/t10-/m0/s1. The summed E-state index contributed by atoms with van der Waals surface area (Å²) >= 11 is 6.02. The molecule has 0 spiro atoms. The topological polar surface area (TPSA) is 80.9 Å². The van der Waals surface area contributed by atoms with E-state index in [0.29, 0.717) is 10.8 Å². The predicted molar refractivity (Wildman–Crippen MR) is 64.4 cm³/mol. The molecule has 1 atom stereocenters. The first-order valence-corrected chi connectivity index (χ1v) is 5.68. The van der Waals surface area contributed by atoms with Crippen LogP contribution in [0.5, 0.6) is 0 Å². The number of hydrogen-bond donors (Lipinski definition) is 1. The number of halogens is 1. The van der Waals surface area contributed by atoms with Gasteiger partial charge in [0.25, 0.3) is 0 Å². The molecule has 18 heavy (non-hydrogen) atoms. The van der Waals surface area contributed by atoms with Crippen LogP contribution in [0.3, 0.4) is 0 Å². The number of carbonyl (C=O) groups is 1. The molecular formula is C11H11ClN4O2. The van der Waals surface area contributed by atoms with Crippen LogP contribution in [0.2, 0.25) is 5.02 Å². The molecule has 2 rings (SSSR count). The minimum absolute atomic E-state index is 0.237. The zero-order chi connectivity index (χ0) is 13.1. The number of aryl methyl sites for hydroxylation is 1. The first-order chi connectivity index (χ1) is 8.59.